The first-order valence-corrected chi connectivity index (χ1v) is 7.94. The minimum Gasteiger partial charge on any atom is -0.465 e. The van der Waals surface area contributed by atoms with Crippen LogP contribution in [0.15, 0.2) is 23.1 Å². The first kappa shape index (κ1) is 18.8. The van der Waals surface area contributed by atoms with Crippen LogP contribution in [0.4, 0.5) is 4.39 Å². The molecule has 1 unspecified atom stereocenters. The molecule has 1 aromatic rings. The molecule has 9 heteroatoms. The van der Waals surface area contributed by atoms with Gasteiger partial charge in [0.25, 0.3) is 0 Å². The van der Waals surface area contributed by atoms with Gasteiger partial charge in [-0.2, -0.15) is 4.31 Å². The van der Waals surface area contributed by atoms with Gasteiger partial charge >= 0.3 is 5.97 Å². The minimum absolute atomic E-state index is 0. The fraction of sp³-hybridized carbons (Fsp3) is 0.462. The van der Waals surface area contributed by atoms with E-state index in [1.807, 2.05) is 0 Å². The first-order chi connectivity index (χ1) is 9.86. The molecule has 1 heterocycles. The van der Waals surface area contributed by atoms with Crippen LogP contribution in [0.2, 0.25) is 0 Å². The number of carbonyl (C=O) groups is 1. The molecule has 0 bridgehead atoms. The Kier molecular flexibility index (Phi) is 6.30. The highest BCUT2D eigenvalue weighted by Crippen LogP contribution is 2.24. The predicted molar refractivity (Wildman–Crippen MR) is 81.0 cm³/mol. The molecular weight excluding hydrogens is 335 g/mol. The molecule has 0 aliphatic carbocycles. The molecule has 1 atom stereocenters. The van der Waals surface area contributed by atoms with E-state index in [9.17, 15) is 17.6 Å². The summed E-state index contributed by atoms with van der Waals surface area (Å²) in [4.78, 5) is 11.4. The van der Waals surface area contributed by atoms with E-state index in [1.54, 1.807) is 0 Å². The topological polar surface area (TPSA) is 89.7 Å². The molecule has 0 radical (unpaired) electrons. The monoisotopic (exact) mass is 352 g/mol. The lowest BCUT2D eigenvalue weighted by atomic mass is 10.1. The number of benzene rings is 1. The highest BCUT2D eigenvalue weighted by atomic mass is 35.5. The Morgan fingerprint density at radius 3 is 2.73 bits per heavy atom. The van der Waals surface area contributed by atoms with Crippen molar-refractivity contribution in [2.75, 3.05) is 20.2 Å². The van der Waals surface area contributed by atoms with Gasteiger partial charge in [0.1, 0.15) is 5.82 Å². The third-order valence-electron chi connectivity index (χ3n) is 3.39. The van der Waals surface area contributed by atoms with Crippen LogP contribution >= 0.6 is 12.4 Å². The number of rotatable bonds is 3. The Hall–Kier alpha value is -1.22. The molecule has 1 aromatic carbocycles. The molecule has 2 N–H and O–H groups in total. The van der Waals surface area contributed by atoms with Crippen LogP contribution in [0.3, 0.4) is 0 Å². The van der Waals surface area contributed by atoms with Crippen molar-refractivity contribution in [2.24, 2.45) is 5.73 Å². The van der Waals surface area contributed by atoms with E-state index < -0.39 is 21.8 Å². The number of hydrogen-bond donors (Lipinski definition) is 1. The summed E-state index contributed by atoms with van der Waals surface area (Å²) in [6.45, 7) is 0.508. The number of hydrogen-bond acceptors (Lipinski definition) is 5. The number of ether oxygens (including phenoxy) is 1. The highest BCUT2D eigenvalue weighted by Gasteiger charge is 2.32. The maximum atomic E-state index is 13.3. The second-order valence-electron chi connectivity index (χ2n) is 4.90. The first-order valence-electron chi connectivity index (χ1n) is 6.50. The summed E-state index contributed by atoms with van der Waals surface area (Å²) in [6.07, 6.45) is 1.40. The second kappa shape index (κ2) is 7.36. The summed E-state index contributed by atoms with van der Waals surface area (Å²) < 4.78 is 44.3. The SMILES string of the molecule is COC(=O)c1cc(F)ccc1S(=O)(=O)N1CCCC(N)C1.Cl. The van der Waals surface area contributed by atoms with Crippen molar-refractivity contribution >= 4 is 28.4 Å². The lowest BCUT2D eigenvalue weighted by Gasteiger charge is -2.30. The third kappa shape index (κ3) is 3.75. The van der Waals surface area contributed by atoms with E-state index in [0.29, 0.717) is 13.0 Å². The zero-order chi connectivity index (χ0) is 15.6. The number of halogens is 2. The van der Waals surface area contributed by atoms with Crippen LogP contribution < -0.4 is 5.73 Å². The molecule has 6 nitrogen and oxygen atoms in total. The normalized spacial score (nSPS) is 19.3. The average Bonchev–Trinajstić information content (AvgIpc) is 2.46. The highest BCUT2D eigenvalue weighted by molar-refractivity contribution is 7.89. The predicted octanol–water partition coefficient (Wildman–Crippen LogP) is 1.15. The van der Waals surface area contributed by atoms with E-state index in [-0.39, 0.29) is 35.5 Å². The fourth-order valence-electron chi connectivity index (χ4n) is 2.33. The largest absolute Gasteiger partial charge is 0.465 e. The molecular formula is C13H18ClFN2O4S. The van der Waals surface area contributed by atoms with Crippen molar-refractivity contribution in [3.8, 4) is 0 Å². The van der Waals surface area contributed by atoms with E-state index in [0.717, 1.165) is 31.7 Å². The van der Waals surface area contributed by atoms with Crippen LogP contribution in [-0.4, -0.2) is 44.9 Å². The maximum Gasteiger partial charge on any atom is 0.339 e. The summed E-state index contributed by atoms with van der Waals surface area (Å²) in [5, 5.41) is 0. The van der Waals surface area contributed by atoms with E-state index >= 15 is 0 Å². The fourth-order valence-corrected chi connectivity index (χ4v) is 4.02. The Labute approximate surface area is 134 Å². The van der Waals surface area contributed by atoms with Gasteiger partial charge in [0.2, 0.25) is 10.0 Å². The molecule has 1 aliphatic heterocycles. The van der Waals surface area contributed by atoms with Crippen LogP contribution in [0.1, 0.15) is 23.2 Å². The third-order valence-corrected chi connectivity index (χ3v) is 5.31. The summed E-state index contributed by atoms with van der Waals surface area (Å²) >= 11 is 0. The van der Waals surface area contributed by atoms with Crippen molar-refractivity contribution in [1.82, 2.24) is 4.31 Å². The number of nitrogens with two attached hydrogens (primary N) is 1. The van der Waals surface area contributed by atoms with Crippen molar-refractivity contribution < 1.29 is 22.3 Å². The molecule has 2 rings (SSSR count). The molecule has 0 saturated carbocycles. The average molecular weight is 353 g/mol. The van der Waals surface area contributed by atoms with Gasteiger partial charge in [-0.3, -0.25) is 0 Å². The number of carbonyl (C=O) groups excluding carboxylic acids is 1. The number of piperidine rings is 1. The lowest BCUT2D eigenvalue weighted by molar-refractivity contribution is 0.0595. The van der Waals surface area contributed by atoms with Crippen molar-refractivity contribution in [3.05, 3.63) is 29.6 Å². The molecule has 0 aromatic heterocycles. The van der Waals surface area contributed by atoms with E-state index in [2.05, 4.69) is 4.74 Å². The summed E-state index contributed by atoms with van der Waals surface area (Å²) in [7, 11) is -2.80. The Morgan fingerprint density at radius 2 is 2.14 bits per heavy atom. The quantitative estimate of drug-likeness (QED) is 0.824. The molecule has 1 saturated heterocycles. The van der Waals surface area contributed by atoms with Gasteiger partial charge in [-0.25, -0.2) is 17.6 Å². The van der Waals surface area contributed by atoms with Gasteiger partial charge in [-0.15, -0.1) is 12.4 Å². The second-order valence-corrected chi connectivity index (χ2v) is 6.80. The minimum atomic E-state index is -3.91. The van der Waals surface area contributed by atoms with Gasteiger partial charge in [0, 0.05) is 19.1 Å². The standard InChI is InChI=1S/C13H17FN2O4S.ClH/c1-20-13(17)11-7-9(14)4-5-12(11)21(18,19)16-6-2-3-10(15)8-16;/h4-5,7,10H,2-3,6,8,15H2,1H3;1H. The molecule has 124 valence electrons. The summed E-state index contributed by atoms with van der Waals surface area (Å²) in [5.41, 5.74) is 5.48. The molecule has 0 spiro atoms. The van der Waals surface area contributed by atoms with Gasteiger partial charge in [0.05, 0.1) is 17.6 Å². The number of sulfonamides is 1. The molecule has 0 amide bonds. The van der Waals surface area contributed by atoms with Crippen molar-refractivity contribution in [2.45, 2.75) is 23.8 Å². The Morgan fingerprint density at radius 1 is 1.45 bits per heavy atom. The zero-order valence-electron chi connectivity index (χ0n) is 12.0. The Bertz CT molecular complexity index is 653. The van der Waals surface area contributed by atoms with Crippen LogP contribution in [0, 0.1) is 5.82 Å². The lowest BCUT2D eigenvalue weighted by Crippen LogP contribution is -2.45. The van der Waals surface area contributed by atoms with Gasteiger partial charge < -0.3 is 10.5 Å². The van der Waals surface area contributed by atoms with Crippen LogP contribution in [0.5, 0.6) is 0 Å². The summed E-state index contributed by atoms with van der Waals surface area (Å²) in [6, 6.07) is 2.71. The van der Waals surface area contributed by atoms with Gasteiger partial charge in [0.15, 0.2) is 0 Å². The molecule has 22 heavy (non-hydrogen) atoms. The zero-order valence-corrected chi connectivity index (χ0v) is 13.6. The van der Waals surface area contributed by atoms with Crippen molar-refractivity contribution in [1.29, 1.82) is 0 Å². The van der Waals surface area contributed by atoms with E-state index in [1.165, 1.54) is 4.31 Å². The maximum absolute atomic E-state index is 13.3. The molecule has 1 aliphatic rings. The number of esters is 1. The van der Waals surface area contributed by atoms with Gasteiger partial charge in [-0.05, 0) is 31.0 Å². The van der Waals surface area contributed by atoms with Crippen LogP contribution in [-0.2, 0) is 14.8 Å². The van der Waals surface area contributed by atoms with Gasteiger partial charge in [-0.1, -0.05) is 0 Å². The Balaban J connectivity index is 0.00000242. The summed E-state index contributed by atoms with van der Waals surface area (Å²) in [5.74, 6) is -1.60. The van der Waals surface area contributed by atoms with E-state index in [4.69, 9.17) is 5.73 Å². The number of methoxy groups -OCH3 is 1. The smallest absolute Gasteiger partial charge is 0.339 e. The molecule has 1 fully saturated rings. The number of nitrogens with zero attached hydrogens (tertiary/aromatic N) is 1. The van der Waals surface area contributed by atoms with Crippen LogP contribution in [0.25, 0.3) is 0 Å². The van der Waals surface area contributed by atoms with Crippen molar-refractivity contribution in [3.63, 3.8) is 0 Å².